The Labute approximate surface area is 179 Å². The zero-order valence-corrected chi connectivity index (χ0v) is 16.9. The van der Waals surface area contributed by atoms with Crippen molar-refractivity contribution in [2.75, 3.05) is 0 Å². The van der Waals surface area contributed by atoms with E-state index in [2.05, 4.69) is 0 Å². The molecule has 0 aromatic heterocycles. The Morgan fingerprint density at radius 2 is 1.23 bits per heavy atom. The summed E-state index contributed by atoms with van der Waals surface area (Å²) in [4.78, 5) is 11.4. The summed E-state index contributed by atoms with van der Waals surface area (Å²) in [5, 5.41) is 53.4. The van der Waals surface area contributed by atoms with Gasteiger partial charge in [0.05, 0.1) is 0 Å². The Balaban J connectivity index is 2.21. The van der Waals surface area contributed by atoms with E-state index in [1.807, 2.05) is 0 Å². The molecule has 31 heavy (non-hydrogen) atoms. The lowest BCUT2D eigenvalue weighted by molar-refractivity contribution is -0.154. The van der Waals surface area contributed by atoms with Crippen molar-refractivity contribution in [2.24, 2.45) is 5.73 Å². The van der Waals surface area contributed by atoms with Crippen molar-refractivity contribution in [3.05, 3.63) is 107 Å². The lowest BCUT2D eigenvalue weighted by Gasteiger charge is -2.32. The second-order valence-corrected chi connectivity index (χ2v) is 7.86. The lowest BCUT2D eigenvalue weighted by atomic mass is 9.84. The van der Waals surface area contributed by atoms with E-state index in [1.54, 1.807) is 36.4 Å². The molecule has 162 valence electrons. The molecule has 3 aromatic rings. The van der Waals surface area contributed by atoms with Gasteiger partial charge in [-0.15, -0.1) is 0 Å². The molecule has 7 nitrogen and oxygen atoms in total. The molecule has 0 unspecified atom stereocenters. The van der Waals surface area contributed by atoms with Crippen LogP contribution >= 0.6 is 0 Å². The van der Waals surface area contributed by atoms with Gasteiger partial charge in [0.25, 0.3) is 0 Å². The highest BCUT2D eigenvalue weighted by Gasteiger charge is 2.40. The van der Waals surface area contributed by atoms with Crippen LogP contribution in [0, 0.1) is 0 Å². The zero-order chi connectivity index (χ0) is 22.9. The molecule has 0 radical (unpaired) electrons. The minimum absolute atomic E-state index is 0.103. The molecule has 7 heteroatoms. The summed E-state index contributed by atoms with van der Waals surface area (Å²) in [6, 6.07) is 20.0. The average molecular weight is 423 g/mol. The molecule has 7 N–H and O–H groups in total. The SMILES string of the molecule is C[C@](N)(Cc1ccc(C(O)(O)c2ccccc2)c(C(O)(O)c2ccccc2)c1)C(=O)O. The summed E-state index contributed by atoms with van der Waals surface area (Å²) in [5.41, 5.74) is 4.50. The average Bonchev–Trinajstić information content (AvgIpc) is 2.74. The van der Waals surface area contributed by atoms with Crippen LogP contribution < -0.4 is 5.73 Å². The standard InChI is InChI=1S/C24H25NO6/c1-22(25,21(26)27)15-16-12-13-19(23(28,29)17-8-4-2-5-9-17)20(14-16)24(30,31)18-10-6-3-7-11-18/h2-14,28-31H,15,25H2,1H3,(H,26,27)/t22-/m0/s1. The Hall–Kier alpha value is -3.07. The third-order valence-corrected chi connectivity index (χ3v) is 5.25. The van der Waals surface area contributed by atoms with Gasteiger partial charge in [0.15, 0.2) is 0 Å². The van der Waals surface area contributed by atoms with Crippen LogP contribution in [-0.2, 0) is 22.8 Å². The van der Waals surface area contributed by atoms with Crippen LogP contribution in [0.4, 0.5) is 0 Å². The molecule has 3 rings (SSSR count). The topological polar surface area (TPSA) is 144 Å². The summed E-state index contributed by atoms with van der Waals surface area (Å²) < 4.78 is 0. The highest BCUT2D eigenvalue weighted by Crippen LogP contribution is 2.37. The van der Waals surface area contributed by atoms with Crippen LogP contribution in [0.3, 0.4) is 0 Å². The third-order valence-electron chi connectivity index (χ3n) is 5.25. The first-order valence-electron chi connectivity index (χ1n) is 9.63. The Bertz CT molecular complexity index is 1060. The number of aliphatic carboxylic acids is 1. The van der Waals surface area contributed by atoms with Gasteiger partial charge in [-0.1, -0.05) is 72.8 Å². The van der Waals surface area contributed by atoms with E-state index < -0.39 is 23.1 Å². The van der Waals surface area contributed by atoms with Crippen molar-refractivity contribution in [3.8, 4) is 0 Å². The monoisotopic (exact) mass is 423 g/mol. The Kier molecular flexibility index (Phi) is 6.00. The fourth-order valence-electron chi connectivity index (χ4n) is 3.45. The van der Waals surface area contributed by atoms with Gasteiger partial charge in [-0.05, 0) is 18.6 Å². The first kappa shape index (κ1) is 22.6. The molecule has 0 bridgehead atoms. The van der Waals surface area contributed by atoms with E-state index in [9.17, 15) is 30.3 Å². The number of hydrogen-bond acceptors (Lipinski definition) is 6. The van der Waals surface area contributed by atoms with Gasteiger partial charge in [-0.25, -0.2) is 0 Å². The van der Waals surface area contributed by atoms with Crippen LogP contribution in [0.2, 0.25) is 0 Å². The number of hydrogen-bond donors (Lipinski definition) is 6. The normalized spacial score (nSPS) is 14.1. The minimum atomic E-state index is -2.59. The molecule has 0 spiro atoms. The highest BCUT2D eigenvalue weighted by atomic mass is 16.5. The maximum Gasteiger partial charge on any atom is 0.323 e. The number of benzene rings is 3. The van der Waals surface area contributed by atoms with Crippen molar-refractivity contribution < 1.29 is 30.3 Å². The molecule has 3 aromatic carbocycles. The van der Waals surface area contributed by atoms with Crippen LogP contribution in [0.5, 0.6) is 0 Å². The van der Waals surface area contributed by atoms with Crippen LogP contribution in [-0.4, -0.2) is 37.0 Å². The molecule has 0 heterocycles. The summed E-state index contributed by atoms with van der Waals surface area (Å²) in [7, 11) is 0. The van der Waals surface area contributed by atoms with Gasteiger partial charge in [0.2, 0.25) is 11.6 Å². The second kappa shape index (κ2) is 8.22. The molecule has 0 saturated carbocycles. The van der Waals surface area contributed by atoms with Crippen LogP contribution in [0.25, 0.3) is 0 Å². The molecule has 0 aliphatic carbocycles. The van der Waals surface area contributed by atoms with E-state index in [4.69, 9.17) is 5.73 Å². The maximum absolute atomic E-state index is 11.4. The minimum Gasteiger partial charge on any atom is -0.480 e. The Morgan fingerprint density at radius 1 is 0.774 bits per heavy atom. The lowest BCUT2D eigenvalue weighted by Crippen LogP contribution is -2.47. The highest BCUT2D eigenvalue weighted by molar-refractivity contribution is 5.78. The first-order valence-corrected chi connectivity index (χ1v) is 9.63. The number of carboxylic acids is 1. The van der Waals surface area contributed by atoms with E-state index in [0.717, 1.165) is 0 Å². The molecule has 0 aliphatic rings. The quantitative estimate of drug-likeness (QED) is 0.315. The molecule has 0 saturated heterocycles. The smallest absolute Gasteiger partial charge is 0.323 e. The van der Waals surface area contributed by atoms with Crippen molar-refractivity contribution in [3.63, 3.8) is 0 Å². The van der Waals surface area contributed by atoms with Gasteiger partial charge in [-0.3, -0.25) is 4.79 Å². The number of carbonyl (C=O) groups is 1. The summed E-state index contributed by atoms with van der Waals surface area (Å²) in [6.07, 6.45) is -0.115. The fourth-order valence-corrected chi connectivity index (χ4v) is 3.45. The van der Waals surface area contributed by atoms with Gasteiger partial charge in [-0.2, -0.15) is 0 Å². The van der Waals surface area contributed by atoms with Gasteiger partial charge in [0.1, 0.15) is 5.54 Å². The first-order chi connectivity index (χ1) is 14.5. The molecule has 0 fully saturated rings. The number of aliphatic hydroxyl groups is 4. The summed E-state index contributed by atoms with van der Waals surface area (Å²) in [6.45, 7) is 1.34. The van der Waals surface area contributed by atoms with E-state index in [0.29, 0.717) is 5.56 Å². The van der Waals surface area contributed by atoms with E-state index in [-0.39, 0.29) is 28.7 Å². The van der Waals surface area contributed by atoms with Crippen LogP contribution in [0.15, 0.2) is 78.9 Å². The van der Waals surface area contributed by atoms with E-state index in [1.165, 1.54) is 49.4 Å². The summed E-state index contributed by atoms with van der Waals surface area (Å²) in [5.74, 6) is -6.35. The molecular weight excluding hydrogens is 398 g/mol. The maximum atomic E-state index is 11.4. The second-order valence-electron chi connectivity index (χ2n) is 7.86. The fraction of sp³-hybridized carbons (Fsp3) is 0.208. The van der Waals surface area contributed by atoms with Gasteiger partial charge in [0, 0.05) is 28.7 Å². The van der Waals surface area contributed by atoms with Crippen molar-refractivity contribution in [1.82, 2.24) is 0 Å². The number of rotatable bonds is 7. The number of carboxylic acid groups (broad SMARTS) is 1. The van der Waals surface area contributed by atoms with Crippen molar-refractivity contribution in [1.29, 1.82) is 0 Å². The Morgan fingerprint density at radius 3 is 1.68 bits per heavy atom. The zero-order valence-electron chi connectivity index (χ0n) is 16.9. The van der Waals surface area contributed by atoms with E-state index >= 15 is 0 Å². The third kappa shape index (κ3) is 4.51. The van der Waals surface area contributed by atoms with Gasteiger partial charge >= 0.3 is 5.97 Å². The van der Waals surface area contributed by atoms with Crippen LogP contribution in [0.1, 0.15) is 34.7 Å². The molecule has 0 aliphatic heterocycles. The predicted octanol–water partition coefficient (Wildman–Crippen LogP) is 1.40. The van der Waals surface area contributed by atoms with Crippen molar-refractivity contribution >= 4 is 5.97 Å². The molecular formula is C24H25NO6. The largest absolute Gasteiger partial charge is 0.480 e. The van der Waals surface area contributed by atoms with Crippen molar-refractivity contribution in [2.45, 2.75) is 30.5 Å². The van der Waals surface area contributed by atoms with Gasteiger partial charge < -0.3 is 31.3 Å². The summed E-state index contributed by atoms with van der Waals surface area (Å²) >= 11 is 0. The molecule has 0 amide bonds. The predicted molar refractivity (Wildman–Crippen MR) is 114 cm³/mol. The molecule has 1 atom stereocenters. The number of nitrogens with two attached hydrogens (primary N) is 1.